The molecule has 29 heavy (non-hydrogen) atoms. The fraction of sp³-hybridized carbons (Fsp3) is 0.591. The van der Waals surface area contributed by atoms with Gasteiger partial charge in [-0.25, -0.2) is 4.79 Å². The fourth-order valence-electron chi connectivity index (χ4n) is 3.67. The van der Waals surface area contributed by atoms with Crippen LogP contribution in [-0.4, -0.2) is 54.5 Å². The van der Waals surface area contributed by atoms with E-state index in [1.807, 2.05) is 27.7 Å². The Balaban J connectivity index is 1.96. The molecule has 7 heteroatoms. The third kappa shape index (κ3) is 5.95. The smallest absolute Gasteiger partial charge is 0.329 e. The number of carbonyl (C=O) groups is 3. The Hall–Kier alpha value is -2.57. The number of nitrogens with one attached hydrogen (secondary N) is 1. The molecule has 0 bridgehead atoms. The first-order chi connectivity index (χ1) is 13.7. The number of hydrogen-bond acceptors (Lipinski definition) is 5. The largest absolute Gasteiger partial charge is 0.497 e. The van der Waals surface area contributed by atoms with Crippen LogP contribution in [0.1, 0.15) is 57.3 Å². The predicted molar refractivity (Wildman–Crippen MR) is 110 cm³/mol. The molecule has 2 rings (SSSR count). The van der Waals surface area contributed by atoms with Crippen molar-refractivity contribution in [1.29, 1.82) is 0 Å². The van der Waals surface area contributed by atoms with Crippen LogP contribution in [0.5, 0.6) is 5.75 Å². The van der Waals surface area contributed by atoms with Crippen molar-refractivity contribution in [3.05, 3.63) is 29.8 Å². The van der Waals surface area contributed by atoms with Gasteiger partial charge in [0.2, 0.25) is 0 Å². The van der Waals surface area contributed by atoms with Gasteiger partial charge in [-0.15, -0.1) is 0 Å². The maximum absolute atomic E-state index is 12.6. The molecule has 160 valence electrons. The van der Waals surface area contributed by atoms with E-state index in [1.54, 1.807) is 36.3 Å². The lowest BCUT2D eigenvalue weighted by Crippen LogP contribution is -2.50. The molecule has 0 aromatic heterocycles. The molecule has 0 aliphatic carbocycles. The Morgan fingerprint density at radius 3 is 2.21 bits per heavy atom. The number of ether oxygens (including phenoxy) is 2. The standard InChI is InChI=1S/C22H32N2O5/c1-14(2)20(23-21(26)17-9-11-18(28-5)12-10-17)22(27)29-13-19(25)24-15(3)7-6-8-16(24)4/h9-12,14-16,20H,6-8,13H2,1-5H3,(H,23,26)/t15-,16-,20+/m1/s1. The summed E-state index contributed by atoms with van der Waals surface area (Å²) in [6.45, 7) is 7.35. The normalized spacial score (nSPS) is 20.1. The zero-order valence-electron chi connectivity index (χ0n) is 17.9. The molecule has 0 unspecified atom stereocenters. The molecule has 1 aliphatic heterocycles. The van der Waals surface area contributed by atoms with Gasteiger partial charge in [0.1, 0.15) is 11.8 Å². The minimum Gasteiger partial charge on any atom is -0.497 e. The number of benzene rings is 1. The monoisotopic (exact) mass is 404 g/mol. The van der Waals surface area contributed by atoms with Crippen LogP contribution >= 0.6 is 0 Å². The van der Waals surface area contributed by atoms with Crippen LogP contribution in [0.2, 0.25) is 0 Å². The lowest BCUT2D eigenvalue weighted by atomic mass is 9.97. The van der Waals surface area contributed by atoms with Crippen molar-refractivity contribution in [3.63, 3.8) is 0 Å². The van der Waals surface area contributed by atoms with Gasteiger partial charge in [-0.05, 0) is 63.3 Å². The molecule has 7 nitrogen and oxygen atoms in total. The molecule has 0 saturated carbocycles. The van der Waals surface area contributed by atoms with Crippen molar-refractivity contribution in [3.8, 4) is 5.75 Å². The van der Waals surface area contributed by atoms with Gasteiger partial charge in [-0.2, -0.15) is 0 Å². The number of rotatable bonds is 7. The van der Waals surface area contributed by atoms with Gasteiger partial charge in [0, 0.05) is 17.6 Å². The Kier molecular flexibility index (Phi) is 8.05. The van der Waals surface area contributed by atoms with Crippen molar-refractivity contribution >= 4 is 17.8 Å². The van der Waals surface area contributed by atoms with E-state index in [0.717, 1.165) is 19.3 Å². The average molecular weight is 405 g/mol. The zero-order chi connectivity index (χ0) is 21.6. The summed E-state index contributed by atoms with van der Waals surface area (Å²) in [5, 5.41) is 2.71. The number of amides is 2. The third-order valence-electron chi connectivity index (χ3n) is 5.38. The Morgan fingerprint density at radius 1 is 1.10 bits per heavy atom. The summed E-state index contributed by atoms with van der Waals surface area (Å²) in [4.78, 5) is 39.4. The maximum Gasteiger partial charge on any atom is 0.329 e. The minimum atomic E-state index is -0.839. The molecule has 1 aromatic carbocycles. The van der Waals surface area contributed by atoms with Gasteiger partial charge in [-0.1, -0.05) is 13.8 Å². The van der Waals surface area contributed by atoms with E-state index < -0.39 is 12.0 Å². The minimum absolute atomic E-state index is 0.139. The van der Waals surface area contributed by atoms with Crippen molar-refractivity contribution in [2.24, 2.45) is 5.92 Å². The fourth-order valence-corrected chi connectivity index (χ4v) is 3.67. The lowest BCUT2D eigenvalue weighted by molar-refractivity contribution is -0.157. The average Bonchev–Trinajstić information content (AvgIpc) is 2.69. The van der Waals surface area contributed by atoms with Gasteiger partial charge in [0.15, 0.2) is 6.61 Å². The van der Waals surface area contributed by atoms with Crippen LogP contribution in [0.3, 0.4) is 0 Å². The predicted octanol–water partition coefficient (Wildman–Crippen LogP) is 2.78. The molecule has 3 atom stereocenters. The van der Waals surface area contributed by atoms with Crippen LogP contribution in [0, 0.1) is 5.92 Å². The van der Waals surface area contributed by atoms with Crippen LogP contribution < -0.4 is 10.1 Å². The number of piperidine rings is 1. The quantitative estimate of drug-likeness (QED) is 0.707. The van der Waals surface area contributed by atoms with Crippen molar-refractivity contribution in [1.82, 2.24) is 10.2 Å². The molecule has 0 radical (unpaired) electrons. The Labute approximate surface area is 172 Å². The molecule has 1 heterocycles. The maximum atomic E-state index is 12.6. The van der Waals surface area contributed by atoms with E-state index in [0.29, 0.717) is 11.3 Å². The zero-order valence-corrected chi connectivity index (χ0v) is 17.9. The molecular weight excluding hydrogens is 372 g/mol. The van der Waals surface area contributed by atoms with Crippen LogP contribution in [0.15, 0.2) is 24.3 Å². The number of esters is 1. The summed E-state index contributed by atoms with van der Waals surface area (Å²) < 4.78 is 10.4. The Morgan fingerprint density at radius 2 is 1.69 bits per heavy atom. The van der Waals surface area contributed by atoms with Gasteiger partial charge in [-0.3, -0.25) is 9.59 Å². The first kappa shape index (κ1) is 22.7. The van der Waals surface area contributed by atoms with Crippen molar-refractivity contribution in [2.75, 3.05) is 13.7 Å². The second-order valence-corrected chi connectivity index (χ2v) is 7.96. The Bertz CT molecular complexity index is 706. The van der Waals surface area contributed by atoms with Crippen LogP contribution in [-0.2, 0) is 14.3 Å². The summed E-state index contributed by atoms with van der Waals surface area (Å²) >= 11 is 0. The molecule has 1 fully saturated rings. The summed E-state index contributed by atoms with van der Waals surface area (Å²) in [5.41, 5.74) is 0.413. The first-order valence-electron chi connectivity index (χ1n) is 10.2. The highest BCUT2D eigenvalue weighted by Crippen LogP contribution is 2.22. The molecule has 1 aliphatic rings. The number of carbonyl (C=O) groups excluding carboxylic acids is 3. The van der Waals surface area contributed by atoms with E-state index >= 15 is 0 Å². The summed E-state index contributed by atoms with van der Waals surface area (Å²) in [6.07, 6.45) is 3.01. The van der Waals surface area contributed by atoms with E-state index in [9.17, 15) is 14.4 Å². The van der Waals surface area contributed by atoms with E-state index in [2.05, 4.69) is 5.32 Å². The highest BCUT2D eigenvalue weighted by Gasteiger charge is 2.31. The topological polar surface area (TPSA) is 84.9 Å². The highest BCUT2D eigenvalue weighted by atomic mass is 16.5. The summed E-state index contributed by atoms with van der Waals surface area (Å²) in [5.74, 6) is -0.726. The molecule has 1 saturated heterocycles. The van der Waals surface area contributed by atoms with Gasteiger partial charge >= 0.3 is 5.97 Å². The summed E-state index contributed by atoms with van der Waals surface area (Å²) in [7, 11) is 1.55. The molecular formula is C22H32N2O5. The second kappa shape index (κ2) is 10.3. The van der Waals surface area contributed by atoms with E-state index in [-0.39, 0.29) is 36.4 Å². The number of likely N-dealkylation sites (tertiary alicyclic amines) is 1. The molecule has 2 amide bonds. The van der Waals surface area contributed by atoms with Gasteiger partial charge in [0.25, 0.3) is 11.8 Å². The first-order valence-corrected chi connectivity index (χ1v) is 10.2. The van der Waals surface area contributed by atoms with E-state index in [1.165, 1.54) is 0 Å². The van der Waals surface area contributed by atoms with Gasteiger partial charge < -0.3 is 19.7 Å². The SMILES string of the molecule is COc1ccc(C(=O)N[C@H](C(=O)OCC(=O)N2[C@H](C)CCC[C@H]2C)C(C)C)cc1. The lowest BCUT2D eigenvalue weighted by Gasteiger charge is -2.39. The molecule has 1 N–H and O–H groups in total. The molecule has 1 aromatic rings. The van der Waals surface area contributed by atoms with Crippen LogP contribution in [0.4, 0.5) is 0 Å². The van der Waals surface area contributed by atoms with Crippen LogP contribution in [0.25, 0.3) is 0 Å². The summed E-state index contributed by atoms with van der Waals surface area (Å²) in [6, 6.07) is 6.04. The number of methoxy groups -OCH3 is 1. The third-order valence-corrected chi connectivity index (χ3v) is 5.38. The highest BCUT2D eigenvalue weighted by molar-refractivity contribution is 5.97. The van der Waals surface area contributed by atoms with Crippen molar-refractivity contribution in [2.45, 2.75) is 65.1 Å². The number of hydrogen-bond donors (Lipinski definition) is 1. The molecule has 0 spiro atoms. The van der Waals surface area contributed by atoms with Gasteiger partial charge in [0.05, 0.1) is 7.11 Å². The van der Waals surface area contributed by atoms with Crippen molar-refractivity contribution < 1.29 is 23.9 Å². The van der Waals surface area contributed by atoms with E-state index in [4.69, 9.17) is 9.47 Å². The number of nitrogens with zero attached hydrogens (tertiary/aromatic N) is 1. The second-order valence-electron chi connectivity index (χ2n) is 7.96.